The molecule has 21 heavy (non-hydrogen) atoms. The standard InChI is InChI=1S/C16H13FN2O2/c17-12-2-1-3-13-15(12)18-16(19(13)9-4-5-9)11-7-6-10(20)8-14(11)21/h1-3,6-9,20-21H,4-5H2. The number of hydrogen-bond donors (Lipinski definition) is 2. The first-order valence-electron chi connectivity index (χ1n) is 6.84. The van der Waals surface area contributed by atoms with Gasteiger partial charge in [-0.05, 0) is 37.1 Å². The minimum atomic E-state index is -0.369. The number of aromatic nitrogens is 2. The van der Waals surface area contributed by atoms with Crippen LogP contribution in [-0.2, 0) is 0 Å². The average molecular weight is 284 g/mol. The minimum absolute atomic E-state index is 0.0171. The first-order valence-corrected chi connectivity index (χ1v) is 6.84. The Bertz CT molecular complexity index is 853. The van der Waals surface area contributed by atoms with Crippen LogP contribution in [0.25, 0.3) is 22.4 Å². The number of halogens is 1. The molecule has 1 fully saturated rings. The van der Waals surface area contributed by atoms with E-state index in [0.717, 1.165) is 18.4 Å². The van der Waals surface area contributed by atoms with E-state index in [1.807, 2.05) is 10.6 Å². The molecule has 1 heterocycles. The summed E-state index contributed by atoms with van der Waals surface area (Å²) in [6.45, 7) is 0. The molecule has 1 saturated carbocycles. The van der Waals surface area contributed by atoms with E-state index in [9.17, 15) is 14.6 Å². The maximum absolute atomic E-state index is 14.0. The Balaban J connectivity index is 2.03. The minimum Gasteiger partial charge on any atom is -0.508 e. The van der Waals surface area contributed by atoms with Gasteiger partial charge in [-0.3, -0.25) is 0 Å². The zero-order valence-corrected chi connectivity index (χ0v) is 11.1. The fourth-order valence-corrected chi connectivity index (χ4v) is 2.68. The summed E-state index contributed by atoms with van der Waals surface area (Å²) in [7, 11) is 0. The summed E-state index contributed by atoms with van der Waals surface area (Å²) in [4.78, 5) is 4.38. The number of nitrogens with zero attached hydrogens (tertiary/aromatic N) is 2. The molecule has 0 atom stereocenters. The molecule has 0 aliphatic heterocycles. The lowest BCUT2D eigenvalue weighted by molar-refractivity contribution is 0.451. The van der Waals surface area contributed by atoms with E-state index >= 15 is 0 Å². The van der Waals surface area contributed by atoms with Gasteiger partial charge in [-0.25, -0.2) is 9.37 Å². The second-order valence-corrected chi connectivity index (χ2v) is 5.35. The molecule has 0 saturated heterocycles. The summed E-state index contributed by atoms with van der Waals surface area (Å²) in [6, 6.07) is 9.53. The highest BCUT2D eigenvalue weighted by atomic mass is 19.1. The van der Waals surface area contributed by atoms with Gasteiger partial charge in [-0.1, -0.05) is 6.07 Å². The third-order valence-corrected chi connectivity index (χ3v) is 3.81. The lowest BCUT2D eigenvalue weighted by Gasteiger charge is -2.09. The van der Waals surface area contributed by atoms with Crippen LogP contribution in [0.15, 0.2) is 36.4 Å². The fourth-order valence-electron chi connectivity index (χ4n) is 2.68. The van der Waals surface area contributed by atoms with Crippen molar-refractivity contribution in [3.05, 3.63) is 42.2 Å². The first kappa shape index (κ1) is 12.2. The van der Waals surface area contributed by atoms with Gasteiger partial charge < -0.3 is 14.8 Å². The summed E-state index contributed by atoms with van der Waals surface area (Å²) < 4.78 is 15.9. The molecular weight excluding hydrogens is 271 g/mol. The third kappa shape index (κ3) is 1.85. The van der Waals surface area contributed by atoms with Crippen molar-refractivity contribution in [1.82, 2.24) is 9.55 Å². The summed E-state index contributed by atoms with van der Waals surface area (Å²) in [6.07, 6.45) is 2.04. The Hall–Kier alpha value is -2.56. The molecule has 0 unspecified atom stereocenters. The molecule has 5 heteroatoms. The number of benzene rings is 2. The van der Waals surface area contributed by atoms with Crippen LogP contribution in [0, 0.1) is 5.82 Å². The Kier molecular flexibility index (Phi) is 2.45. The van der Waals surface area contributed by atoms with Gasteiger partial charge in [0.1, 0.15) is 22.8 Å². The van der Waals surface area contributed by atoms with E-state index < -0.39 is 0 Å². The third-order valence-electron chi connectivity index (χ3n) is 3.81. The lowest BCUT2D eigenvalue weighted by Crippen LogP contribution is -1.97. The zero-order valence-electron chi connectivity index (χ0n) is 11.1. The van der Waals surface area contributed by atoms with Gasteiger partial charge in [0.2, 0.25) is 0 Å². The van der Waals surface area contributed by atoms with Crippen LogP contribution < -0.4 is 0 Å². The molecule has 0 bridgehead atoms. The number of hydrogen-bond acceptors (Lipinski definition) is 3. The van der Waals surface area contributed by atoms with Crippen LogP contribution in [-0.4, -0.2) is 19.8 Å². The smallest absolute Gasteiger partial charge is 0.151 e. The topological polar surface area (TPSA) is 58.3 Å². The van der Waals surface area contributed by atoms with Crippen molar-refractivity contribution in [1.29, 1.82) is 0 Å². The second-order valence-electron chi connectivity index (χ2n) is 5.35. The molecule has 4 rings (SSSR count). The molecule has 2 N–H and O–H groups in total. The maximum atomic E-state index is 14.0. The van der Waals surface area contributed by atoms with Gasteiger partial charge in [0.25, 0.3) is 0 Å². The monoisotopic (exact) mass is 284 g/mol. The van der Waals surface area contributed by atoms with Crippen LogP contribution in [0.4, 0.5) is 4.39 Å². The van der Waals surface area contributed by atoms with E-state index in [1.165, 1.54) is 18.2 Å². The molecule has 1 aliphatic carbocycles. The Morgan fingerprint density at radius 2 is 1.95 bits per heavy atom. The molecule has 1 aliphatic rings. The van der Waals surface area contributed by atoms with Crippen molar-refractivity contribution >= 4 is 11.0 Å². The molecule has 106 valence electrons. The highest BCUT2D eigenvalue weighted by Gasteiger charge is 2.30. The van der Waals surface area contributed by atoms with E-state index in [-0.39, 0.29) is 17.3 Å². The number of rotatable bonds is 2. The van der Waals surface area contributed by atoms with E-state index in [4.69, 9.17) is 0 Å². The molecule has 4 nitrogen and oxygen atoms in total. The summed E-state index contributed by atoms with van der Waals surface area (Å²) in [5.74, 6) is 0.0886. The highest BCUT2D eigenvalue weighted by molar-refractivity contribution is 5.83. The Labute approximate surface area is 120 Å². The van der Waals surface area contributed by atoms with Crippen LogP contribution in [0.3, 0.4) is 0 Å². The van der Waals surface area contributed by atoms with Crippen LogP contribution >= 0.6 is 0 Å². The molecule has 1 aromatic heterocycles. The zero-order chi connectivity index (χ0) is 14.6. The summed E-state index contributed by atoms with van der Waals surface area (Å²) in [5, 5.41) is 19.5. The quantitative estimate of drug-likeness (QED) is 0.756. The van der Waals surface area contributed by atoms with Crippen LogP contribution in [0.1, 0.15) is 18.9 Å². The van der Waals surface area contributed by atoms with Gasteiger partial charge >= 0.3 is 0 Å². The number of phenolic OH excluding ortho intramolecular Hbond substituents is 2. The Morgan fingerprint density at radius 1 is 1.14 bits per heavy atom. The Morgan fingerprint density at radius 3 is 2.67 bits per heavy atom. The van der Waals surface area contributed by atoms with E-state index in [0.29, 0.717) is 22.9 Å². The largest absolute Gasteiger partial charge is 0.508 e. The van der Waals surface area contributed by atoms with Crippen molar-refractivity contribution in [2.24, 2.45) is 0 Å². The maximum Gasteiger partial charge on any atom is 0.151 e. The molecular formula is C16H13FN2O2. The van der Waals surface area contributed by atoms with Crippen molar-refractivity contribution in [2.45, 2.75) is 18.9 Å². The first-order chi connectivity index (χ1) is 10.1. The van der Waals surface area contributed by atoms with Gasteiger partial charge in [0, 0.05) is 12.1 Å². The van der Waals surface area contributed by atoms with Crippen molar-refractivity contribution in [3.63, 3.8) is 0 Å². The molecule has 0 radical (unpaired) electrons. The second kappa shape index (κ2) is 4.22. The van der Waals surface area contributed by atoms with E-state index in [1.54, 1.807) is 12.1 Å². The average Bonchev–Trinajstić information content (AvgIpc) is 3.20. The lowest BCUT2D eigenvalue weighted by atomic mass is 10.2. The molecule has 2 aromatic carbocycles. The summed E-state index contributed by atoms with van der Waals surface area (Å²) >= 11 is 0. The van der Waals surface area contributed by atoms with Crippen LogP contribution in [0.5, 0.6) is 11.5 Å². The number of fused-ring (bicyclic) bond motifs is 1. The van der Waals surface area contributed by atoms with Gasteiger partial charge in [-0.15, -0.1) is 0 Å². The number of para-hydroxylation sites is 1. The van der Waals surface area contributed by atoms with Gasteiger partial charge in [0.05, 0.1) is 11.1 Å². The van der Waals surface area contributed by atoms with Crippen LogP contribution in [0.2, 0.25) is 0 Å². The predicted molar refractivity (Wildman–Crippen MR) is 76.7 cm³/mol. The normalized spacial score (nSPS) is 14.7. The SMILES string of the molecule is Oc1ccc(-c2nc3c(F)cccc3n2C2CC2)c(O)c1. The highest BCUT2D eigenvalue weighted by Crippen LogP contribution is 2.43. The number of aromatic hydroxyl groups is 2. The van der Waals surface area contributed by atoms with Gasteiger partial charge in [0.15, 0.2) is 5.82 Å². The van der Waals surface area contributed by atoms with E-state index in [2.05, 4.69) is 4.98 Å². The molecule has 3 aromatic rings. The van der Waals surface area contributed by atoms with Crippen molar-refractivity contribution in [2.75, 3.05) is 0 Å². The predicted octanol–water partition coefficient (Wildman–Crippen LogP) is 3.59. The number of phenols is 2. The van der Waals surface area contributed by atoms with Crippen molar-refractivity contribution in [3.8, 4) is 22.9 Å². The summed E-state index contributed by atoms with van der Waals surface area (Å²) in [5.41, 5.74) is 1.54. The van der Waals surface area contributed by atoms with Gasteiger partial charge in [-0.2, -0.15) is 0 Å². The molecule has 0 amide bonds. The van der Waals surface area contributed by atoms with Crippen molar-refractivity contribution < 1.29 is 14.6 Å². The molecule has 0 spiro atoms. The fraction of sp³-hybridized carbons (Fsp3) is 0.188. The number of imidazole rings is 1.